The first-order chi connectivity index (χ1) is 15.1. The lowest BCUT2D eigenvalue weighted by molar-refractivity contribution is -0.0923. The number of ether oxygens (including phenoxy) is 2. The fraction of sp³-hybridized carbons (Fsp3) is 0.389. The molecular weight excluding hydrogens is 433 g/mol. The molecule has 1 fully saturated rings. The number of aromatic nitrogens is 4. The van der Waals surface area contributed by atoms with Crippen molar-refractivity contribution in [3.05, 3.63) is 34.5 Å². The van der Waals surface area contributed by atoms with Crippen LogP contribution in [0.15, 0.2) is 20.0 Å². The summed E-state index contributed by atoms with van der Waals surface area (Å²) in [7, 11) is 0. The Labute approximate surface area is 177 Å². The Morgan fingerprint density at radius 3 is 2.91 bits per heavy atom. The lowest BCUT2D eigenvalue weighted by Gasteiger charge is -2.29. The van der Waals surface area contributed by atoms with E-state index in [1.54, 1.807) is 0 Å². The van der Waals surface area contributed by atoms with Gasteiger partial charge in [-0.25, -0.2) is 14.6 Å². The van der Waals surface area contributed by atoms with Gasteiger partial charge in [0.2, 0.25) is 0 Å². The van der Waals surface area contributed by atoms with Gasteiger partial charge >= 0.3 is 18.1 Å². The van der Waals surface area contributed by atoms with Crippen molar-refractivity contribution in [1.29, 1.82) is 0 Å². The molecule has 4 atom stereocenters. The Morgan fingerprint density at radius 1 is 1.53 bits per heavy atom. The van der Waals surface area contributed by atoms with Gasteiger partial charge in [0, 0.05) is 12.8 Å². The molecule has 0 aliphatic carbocycles. The molecule has 1 saturated heterocycles. The molecule has 3 aromatic heterocycles. The van der Waals surface area contributed by atoms with Gasteiger partial charge in [-0.05, 0) is 6.92 Å². The van der Waals surface area contributed by atoms with Gasteiger partial charge in [-0.15, -0.1) is 6.42 Å². The highest BCUT2D eigenvalue weighted by Gasteiger charge is 2.51. The third-order valence-electron chi connectivity index (χ3n) is 5.09. The zero-order chi connectivity index (χ0) is 23.2. The van der Waals surface area contributed by atoms with Crippen LogP contribution in [-0.4, -0.2) is 47.6 Å². The predicted octanol–water partition coefficient (Wildman–Crippen LogP) is 0.880. The average Bonchev–Trinajstić information content (AvgIpc) is 3.36. The topological polar surface area (TPSA) is 189 Å². The number of aliphatic hydroxyl groups is 1. The Kier molecular flexibility index (Phi) is 5.07. The molecule has 3 aromatic rings. The number of aliphatic hydroxyl groups excluding tert-OH is 1. The Hall–Kier alpha value is -3.96. The summed E-state index contributed by atoms with van der Waals surface area (Å²) in [5.41, 5.74) is 4.01. The molecule has 0 bridgehead atoms. The maximum Gasteiger partial charge on any atom is 0.519 e. The molecule has 0 spiro atoms. The van der Waals surface area contributed by atoms with Crippen LogP contribution in [0.3, 0.4) is 0 Å². The molecule has 0 aromatic carbocycles. The fourth-order valence-corrected chi connectivity index (χ4v) is 3.65. The Balaban J connectivity index is 1.69. The molecule has 32 heavy (non-hydrogen) atoms. The number of nitrogens with two attached hydrogens (primary N) is 1. The molecule has 4 N–H and O–H groups in total. The van der Waals surface area contributed by atoms with Gasteiger partial charge in [-0.3, -0.25) is 4.57 Å². The second kappa shape index (κ2) is 7.62. The maximum absolute atomic E-state index is 13.7. The number of carbonyl (C=O) groups is 1. The van der Waals surface area contributed by atoms with E-state index in [-0.39, 0.29) is 34.9 Å². The summed E-state index contributed by atoms with van der Waals surface area (Å²) in [6.45, 7) is 1.37. The summed E-state index contributed by atoms with van der Waals surface area (Å²) in [6.07, 6.45) is -0.0807. The highest BCUT2D eigenvalue weighted by molar-refractivity contribution is 5.81. The van der Waals surface area contributed by atoms with E-state index in [0.717, 1.165) is 0 Å². The van der Waals surface area contributed by atoms with Crippen molar-refractivity contribution in [2.24, 2.45) is 0 Å². The van der Waals surface area contributed by atoms with Gasteiger partial charge in [0.25, 0.3) is 0 Å². The first kappa shape index (κ1) is 21.3. The first-order valence-corrected chi connectivity index (χ1v) is 9.12. The average molecular weight is 449 g/mol. The molecular formula is C18H16FN5O8. The van der Waals surface area contributed by atoms with E-state index < -0.39 is 48.5 Å². The fourth-order valence-electron chi connectivity index (χ4n) is 3.65. The third kappa shape index (κ3) is 3.53. The number of hydrogen-bond donors (Lipinski definition) is 3. The van der Waals surface area contributed by atoms with E-state index >= 15 is 0 Å². The van der Waals surface area contributed by atoms with Crippen molar-refractivity contribution >= 4 is 23.1 Å². The Bertz CT molecular complexity index is 1290. The van der Waals surface area contributed by atoms with Gasteiger partial charge in [0.15, 0.2) is 40.2 Å². The van der Waals surface area contributed by atoms with Gasteiger partial charge in [-0.1, -0.05) is 5.92 Å². The molecule has 0 amide bonds. The summed E-state index contributed by atoms with van der Waals surface area (Å²) < 4.78 is 35.4. The second-order valence-electron chi connectivity index (χ2n) is 7.01. The van der Waals surface area contributed by atoms with E-state index in [9.17, 15) is 19.1 Å². The van der Waals surface area contributed by atoms with Gasteiger partial charge in [0.1, 0.15) is 6.23 Å². The zero-order valence-corrected chi connectivity index (χ0v) is 16.4. The number of nitrogens with zero attached hydrogens (tertiary/aromatic N) is 4. The molecule has 4 heterocycles. The van der Waals surface area contributed by atoms with Crippen LogP contribution < -0.4 is 11.6 Å². The number of anilines is 1. The summed E-state index contributed by atoms with van der Waals surface area (Å²) >= 11 is 0. The number of imidazole rings is 1. The molecule has 0 saturated carbocycles. The smallest absolute Gasteiger partial charge is 0.450 e. The van der Waals surface area contributed by atoms with Crippen molar-refractivity contribution in [2.75, 3.05) is 5.73 Å². The minimum Gasteiger partial charge on any atom is -0.450 e. The van der Waals surface area contributed by atoms with E-state index in [2.05, 4.69) is 20.9 Å². The number of aryl methyl sites for hydroxylation is 1. The highest BCUT2D eigenvalue weighted by Crippen LogP contribution is 2.43. The number of fused-ring (bicyclic) bond motifs is 1. The van der Waals surface area contributed by atoms with Crippen LogP contribution in [0.25, 0.3) is 11.2 Å². The van der Waals surface area contributed by atoms with Gasteiger partial charge in [-0.2, -0.15) is 14.4 Å². The van der Waals surface area contributed by atoms with Crippen molar-refractivity contribution in [3.8, 4) is 12.3 Å². The summed E-state index contributed by atoms with van der Waals surface area (Å²) in [5, 5.41) is 19.9. The molecule has 14 heteroatoms. The van der Waals surface area contributed by atoms with Crippen LogP contribution in [0.1, 0.15) is 36.7 Å². The quantitative estimate of drug-likeness (QED) is 0.284. The van der Waals surface area contributed by atoms with Crippen molar-refractivity contribution in [3.63, 3.8) is 0 Å². The largest absolute Gasteiger partial charge is 0.519 e. The summed E-state index contributed by atoms with van der Waals surface area (Å²) in [4.78, 5) is 33.7. The van der Waals surface area contributed by atoms with Crippen LogP contribution in [0.2, 0.25) is 0 Å². The minimum absolute atomic E-state index is 0.00929. The number of nitrogen functional groups attached to an aromatic ring is 1. The lowest BCUT2D eigenvalue weighted by Crippen LogP contribution is -2.40. The third-order valence-corrected chi connectivity index (χ3v) is 5.09. The van der Waals surface area contributed by atoms with Crippen molar-refractivity contribution in [2.45, 2.75) is 43.8 Å². The Morgan fingerprint density at radius 2 is 2.28 bits per heavy atom. The maximum atomic E-state index is 13.7. The number of terminal acetylenes is 1. The summed E-state index contributed by atoms with van der Waals surface area (Å²) in [6, 6.07) is 0. The monoisotopic (exact) mass is 449 g/mol. The molecule has 0 radical (unpaired) electrons. The van der Waals surface area contributed by atoms with Crippen LogP contribution in [0.4, 0.5) is 15.0 Å². The van der Waals surface area contributed by atoms with Crippen LogP contribution >= 0.6 is 0 Å². The van der Waals surface area contributed by atoms with Crippen LogP contribution in [0, 0.1) is 25.3 Å². The SMILES string of the molecule is C#C[C@@]1(CC(OC(=O)O)c2oc(=O)oc2C)O[C@@H](n2cnc3c(N)nc(F)nc32)C[C@@H]1O. The molecule has 1 aliphatic rings. The molecule has 168 valence electrons. The standard InChI is InChI=1S/C18H16FN5O8/c1-3-18(5-8(30-16(26)27)12-7(2)29-17(28)31-12)9(25)4-10(32-18)24-6-21-11-13(20)22-15(19)23-14(11)24/h1,6,8-10,25H,4-5H2,2H3,(H,26,27)(H2,20,22,23)/t8?,9-,10+,18-/m0/s1. The summed E-state index contributed by atoms with van der Waals surface area (Å²) in [5.74, 6) is 0.826. The lowest BCUT2D eigenvalue weighted by atomic mass is 9.90. The number of rotatable bonds is 5. The van der Waals surface area contributed by atoms with E-state index in [0.29, 0.717) is 0 Å². The molecule has 13 nitrogen and oxygen atoms in total. The van der Waals surface area contributed by atoms with E-state index in [1.165, 1.54) is 17.8 Å². The van der Waals surface area contributed by atoms with Crippen LogP contribution in [-0.2, 0) is 9.47 Å². The number of carboxylic acid groups (broad SMARTS) is 1. The normalized spacial score (nSPS) is 23.8. The minimum atomic E-state index is -1.78. The predicted molar refractivity (Wildman–Crippen MR) is 100 cm³/mol. The molecule has 4 rings (SSSR count). The van der Waals surface area contributed by atoms with Crippen LogP contribution in [0.5, 0.6) is 0 Å². The molecule has 1 aliphatic heterocycles. The number of hydrogen-bond acceptors (Lipinski definition) is 11. The first-order valence-electron chi connectivity index (χ1n) is 9.12. The second-order valence-corrected chi connectivity index (χ2v) is 7.01. The van der Waals surface area contributed by atoms with E-state index in [1.807, 2.05) is 0 Å². The van der Waals surface area contributed by atoms with E-state index in [4.69, 9.17) is 35.6 Å². The van der Waals surface area contributed by atoms with Gasteiger partial charge < -0.3 is 34.3 Å². The van der Waals surface area contributed by atoms with Crippen molar-refractivity contribution < 1.29 is 37.7 Å². The van der Waals surface area contributed by atoms with Gasteiger partial charge in [0.05, 0.1) is 12.4 Å². The van der Waals surface area contributed by atoms with Crippen molar-refractivity contribution in [1.82, 2.24) is 19.5 Å². The number of halogens is 1. The molecule has 1 unspecified atom stereocenters. The highest BCUT2D eigenvalue weighted by atomic mass is 19.1. The zero-order valence-electron chi connectivity index (χ0n) is 16.4.